The molecule has 0 fully saturated rings. The molecule has 0 N–H and O–H groups in total. The molecule has 5 aromatic rings. The van der Waals surface area contributed by atoms with Gasteiger partial charge in [0.1, 0.15) is 12.7 Å². The summed E-state index contributed by atoms with van der Waals surface area (Å²) in [5, 5.41) is 0. The van der Waals surface area contributed by atoms with E-state index >= 15 is 0 Å². The van der Waals surface area contributed by atoms with Crippen molar-refractivity contribution in [2.24, 2.45) is 20.0 Å². The van der Waals surface area contributed by atoms with E-state index < -0.39 is 0 Å². The number of rotatable bonds is 10. The Morgan fingerprint density at radius 1 is 0.659 bits per heavy atom. The molecule has 2 heterocycles. The Labute approximate surface area is 256 Å². The first kappa shape index (κ1) is 29.4. The van der Waals surface area contributed by atoms with Gasteiger partial charge in [-0.05, 0) is 60.8 Å². The van der Waals surface area contributed by atoms with Crippen molar-refractivity contribution in [3.63, 3.8) is 0 Å². The molecule has 2 aromatic heterocycles. The number of aliphatic imine (C=N–C) groups is 4. The van der Waals surface area contributed by atoms with Gasteiger partial charge in [-0.25, -0.2) is 29.9 Å². The Morgan fingerprint density at radius 2 is 1.23 bits per heavy atom. The molecular weight excluding hydrogens is 546 g/mol. The second kappa shape index (κ2) is 14.2. The smallest absolute Gasteiger partial charge is 0.164 e. The molecule has 3 aromatic carbocycles. The zero-order chi connectivity index (χ0) is 30.7. The highest BCUT2D eigenvalue weighted by Crippen LogP contribution is 2.29. The summed E-state index contributed by atoms with van der Waals surface area (Å²) in [7, 11) is 1.72. The monoisotopic (exact) mass is 575 g/mol. The van der Waals surface area contributed by atoms with Crippen LogP contribution in [0.3, 0.4) is 0 Å². The molecular formula is C35H29N9. The molecule has 44 heavy (non-hydrogen) atoms. The summed E-state index contributed by atoms with van der Waals surface area (Å²) in [6.07, 6.45) is 11.6. The number of benzene rings is 3. The largest absolute Gasteiger partial charge is 0.296 e. The number of allylic oxidation sites excluding steroid dienone is 2. The summed E-state index contributed by atoms with van der Waals surface area (Å²) >= 11 is 0. The van der Waals surface area contributed by atoms with Gasteiger partial charge in [-0.15, -0.1) is 0 Å². The average molecular weight is 576 g/mol. The normalized spacial score (nSPS) is 12.1. The van der Waals surface area contributed by atoms with E-state index in [9.17, 15) is 0 Å². The van der Waals surface area contributed by atoms with E-state index in [-0.39, 0.29) is 0 Å². The molecule has 0 radical (unpaired) electrons. The Hall–Kier alpha value is -6.09. The summed E-state index contributed by atoms with van der Waals surface area (Å²) in [6.45, 7) is 9.02. The quantitative estimate of drug-likeness (QED) is 0.129. The van der Waals surface area contributed by atoms with Gasteiger partial charge >= 0.3 is 0 Å². The fourth-order valence-electron chi connectivity index (χ4n) is 4.48. The summed E-state index contributed by atoms with van der Waals surface area (Å²) in [5.41, 5.74) is 8.01. The molecule has 9 heteroatoms. The minimum atomic E-state index is 0.527. The van der Waals surface area contributed by atoms with E-state index in [4.69, 9.17) is 15.0 Å². The first-order chi connectivity index (χ1) is 21.6. The Morgan fingerprint density at radius 3 is 1.84 bits per heavy atom. The van der Waals surface area contributed by atoms with Gasteiger partial charge < -0.3 is 0 Å². The molecule has 0 saturated heterocycles. The Kier molecular flexibility index (Phi) is 9.48. The highest BCUT2D eigenvalue weighted by molar-refractivity contribution is 6.10. The topological polar surface area (TPSA) is 114 Å². The Bertz CT molecular complexity index is 1920. The van der Waals surface area contributed by atoms with Crippen LogP contribution in [0.4, 0.5) is 0 Å². The van der Waals surface area contributed by atoms with E-state index in [1.807, 2.05) is 79.7 Å². The number of nitrogens with zero attached hydrogens (tertiary/aromatic N) is 9. The molecule has 0 atom stereocenters. The molecule has 0 spiro atoms. The molecule has 5 rings (SSSR count). The van der Waals surface area contributed by atoms with E-state index in [1.165, 1.54) is 12.7 Å². The lowest BCUT2D eigenvalue weighted by Crippen LogP contribution is -2.01. The SMILES string of the molecule is C=N/C=N\C=C(/C)c1cccc(-c2nc(-c3cccc(C(/C=N\C)=C/N=C)c3)nc(-c3cccc(-c4cncnc4)c3)n2)c1. The highest BCUT2D eigenvalue weighted by Gasteiger charge is 2.14. The van der Waals surface area contributed by atoms with Crippen LogP contribution in [0.1, 0.15) is 18.1 Å². The van der Waals surface area contributed by atoms with Crippen molar-refractivity contribution in [2.45, 2.75) is 6.92 Å². The van der Waals surface area contributed by atoms with Crippen LogP contribution >= 0.6 is 0 Å². The van der Waals surface area contributed by atoms with Crippen molar-refractivity contribution in [1.29, 1.82) is 0 Å². The molecule has 9 nitrogen and oxygen atoms in total. The van der Waals surface area contributed by atoms with Gasteiger partial charge in [-0.1, -0.05) is 54.6 Å². The molecule has 0 aliphatic rings. The van der Waals surface area contributed by atoms with Crippen LogP contribution in [0.5, 0.6) is 0 Å². The maximum atomic E-state index is 4.94. The third-order valence-corrected chi connectivity index (χ3v) is 6.60. The maximum absolute atomic E-state index is 4.94. The molecule has 0 unspecified atom stereocenters. The van der Waals surface area contributed by atoms with Crippen LogP contribution in [0.15, 0.2) is 124 Å². The fraction of sp³-hybridized carbons (Fsp3) is 0.0571. The fourth-order valence-corrected chi connectivity index (χ4v) is 4.48. The maximum Gasteiger partial charge on any atom is 0.164 e. The second-order valence-corrected chi connectivity index (χ2v) is 9.59. The van der Waals surface area contributed by atoms with E-state index in [0.29, 0.717) is 17.5 Å². The van der Waals surface area contributed by atoms with Gasteiger partial charge in [0.25, 0.3) is 0 Å². The first-order valence-corrected chi connectivity index (χ1v) is 13.7. The molecule has 0 saturated carbocycles. The van der Waals surface area contributed by atoms with E-state index in [0.717, 1.165) is 50.1 Å². The van der Waals surface area contributed by atoms with Crippen LogP contribution in [-0.4, -0.2) is 58.0 Å². The molecule has 0 bridgehead atoms. The van der Waals surface area contributed by atoms with Crippen LogP contribution in [0, 0.1) is 0 Å². The van der Waals surface area contributed by atoms with Gasteiger partial charge in [-0.2, -0.15) is 0 Å². The lowest BCUT2D eigenvalue weighted by molar-refractivity contribution is 1.07. The van der Waals surface area contributed by atoms with Crippen molar-refractivity contribution >= 4 is 37.1 Å². The molecule has 214 valence electrons. The van der Waals surface area contributed by atoms with Crippen LogP contribution in [0.25, 0.3) is 56.4 Å². The predicted molar refractivity (Wildman–Crippen MR) is 181 cm³/mol. The van der Waals surface area contributed by atoms with Crippen molar-refractivity contribution in [3.8, 4) is 45.3 Å². The molecule has 0 aliphatic heterocycles. The third-order valence-electron chi connectivity index (χ3n) is 6.60. The van der Waals surface area contributed by atoms with Gasteiger partial charge in [0.2, 0.25) is 0 Å². The van der Waals surface area contributed by atoms with Crippen molar-refractivity contribution < 1.29 is 0 Å². The van der Waals surface area contributed by atoms with Gasteiger partial charge in [0.15, 0.2) is 17.5 Å². The average Bonchev–Trinajstić information content (AvgIpc) is 3.08. The first-order valence-electron chi connectivity index (χ1n) is 13.7. The zero-order valence-electron chi connectivity index (χ0n) is 24.4. The summed E-state index contributed by atoms with van der Waals surface area (Å²) in [6, 6.07) is 23.9. The van der Waals surface area contributed by atoms with E-state index in [2.05, 4.69) is 43.4 Å². The summed E-state index contributed by atoms with van der Waals surface area (Å²) in [5.74, 6) is 1.60. The summed E-state index contributed by atoms with van der Waals surface area (Å²) < 4.78 is 0. The van der Waals surface area contributed by atoms with Crippen LogP contribution in [-0.2, 0) is 0 Å². The zero-order valence-corrected chi connectivity index (χ0v) is 24.4. The van der Waals surface area contributed by atoms with Crippen molar-refractivity contribution in [2.75, 3.05) is 7.05 Å². The highest BCUT2D eigenvalue weighted by atomic mass is 15.0. The van der Waals surface area contributed by atoms with Crippen molar-refractivity contribution in [1.82, 2.24) is 24.9 Å². The van der Waals surface area contributed by atoms with Crippen LogP contribution in [0.2, 0.25) is 0 Å². The third kappa shape index (κ3) is 7.03. The van der Waals surface area contributed by atoms with Crippen LogP contribution < -0.4 is 0 Å². The minimum absolute atomic E-state index is 0.527. The van der Waals surface area contributed by atoms with Gasteiger partial charge in [0.05, 0.1) is 0 Å². The summed E-state index contributed by atoms with van der Waals surface area (Å²) in [4.78, 5) is 39.1. The minimum Gasteiger partial charge on any atom is -0.296 e. The molecule has 0 aliphatic carbocycles. The predicted octanol–water partition coefficient (Wildman–Crippen LogP) is 7.16. The number of hydrogen-bond acceptors (Lipinski definition) is 8. The lowest BCUT2D eigenvalue weighted by Gasteiger charge is -2.11. The molecule has 0 amide bonds. The number of aromatic nitrogens is 5. The standard InChI is InChI=1S/C35H29N9/c1-24(17-39-22-38-4)25-8-5-11-28(14-25)33-42-34(29-12-6-9-26(15-29)31(18-36-2)19-37-3)44-35(43-33)30-13-7-10-27(16-30)32-20-40-23-41-21-32/h5-23H,2,4H2,1,3H3/b24-17+,31-18+,37-19-,39-22-. The van der Waals surface area contributed by atoms with E-state index in [1.54, 1.807) is 38.1 Å². The number of hydrogen-bond donors (Lipinski definition) is 0. The second-order valence-electron chi connectivity index (χ2n) is 9.59. The lowest BCUT2D eigenvalue weighted by atomic mass is 10.0. The van der Waals surface area contributed by atoms with Gasteiger partial charge in [-0.3, -0.25) is 15.0 Å². The Balaban J connectivity index is 1.67. The van der Waals surface area contributed by atoms with Gasteiger partial charge in [0, 0.05) is 65.9 Å². The van der Waals surface area contributed by atoms with Crippen molar-refractivity contribution in [3.05, 3.63) is 115 Å².